The molecule has 3 aromatic rings. The molecule has 1 aromatic heterocycles. The van der Waals surface area contributed by atoms with Crippen LogP contribution >= 0.6 is 0 Å². The van der Waals surface area contributed by atoms with Crippen LogP contribution in [-0.2, 0) is 23.0 Å². The van der Waals surface area contributed by atoms with Crippen molar-refractivity contribution in [2.45, 2.75) is 19.0 Å². The van der Waals surface area contributed by atoms with Gasteiger partial charge in [0, 0.05) is 37.1 Å². The summed E-state index contributed by atoms with van der Waals surface area (Å²) >= 11 is 0. The average Bonchev–Trinajstić information content (AvgIpc) is 3.39. The summed E-state index contributed by atoms with van der Waals surface area (Å²) in [6, 6.07) is 19.4. The summed E-state index contributed by atoms with van der Waals surface area (Å²) < 4.78 is 27.6. The number of carbonyl (C=O) groups is 1. The number of hydrogen-bond acceptors (Lipinski definition) is 3. The Morgan fingerprint density at radius 2 is 1.77 bits per heavy atom. The van der Waals surface area contributed by atoms with Crippen LogP contribution in [0.4, 0.5) is 5.69 Å². The molecule has 3 heterocycles. The molecule has 0 saturated carbocycles. The van der Waals surface area contributed by atoms with Crippen molar-refractivity contribution in [3.63, 3.8) is 0 Å². The summed E-state index contributed by atoms with van der Waals surface area (Å²) in [5.41, 5.74) is 4.37. The fraction of sp³-hybridized carbons (Fsp3) is 0.261. The van der Waals surface area contributed by atoms with Crippen LogP contribution in [0.25, 0.3) is 0 Å². The predicted octanol–water partition coefficient (Wildman–Crippen LogP) is 3.06. The van der Waals surface area contributed by atoms with Crippen LogP contribution in [0.5, 0.6) is 0 Å². The van der Waals surface area contributed by atoms with E-state index in [9.17, 15) is 13.2 Å². The minimum absolute atomic E-state index is 0.0306. The van der Waals surface area contributed by atoms with E-state index < -0.39 is 10.0 Å². The average molecular weight is 422 g/mol. The lowest BCUT2D eigenvalue weighted by atomic mass is 9.98. The lowest BCUT2D eigenvalue weighted by Gasteiger charge is -2.37. The molecular weight excluding hydrogens is 398 g/mol. The summed E-state index contributed by atoms with van der Waals surface area (Å²) in [7, 11) is -3.31. The number of fused-ring (bicyclic) bond motifs is 2. The van der Waals surface area contributed by atoms with Gasteiger partial charge in [-0.2, -0.15) is 0 Å². The Kier molecular flexibility index (Phi) is 4.43. The van der Waals surface area contributed by atoms with Gasteiger partial charge in [0.15, 0.2) is 0 Å². The maximum Gasteiger partial charge on any atom is 0.254 e. The highest BCUT2D eigenvalue weighted by atomic mass is 32.2. The van der Waals surface area contributed by atoms with Gasteiger partial charge in [0.1, 0.15) is 0 Å². The van der Waals surface area contributed by atoms with Gasteiger partial charge in [-0.3, -0.25) is 9.10 Å². The molecule has 2 aliphatic heterocycles. The van der Waals surface area contributed by atoms with E-state index in [1.165, 1.54) is 10.6 Å². The number of rotatable bonds is 3. The van der Waals surface area contributed by atoms with Gasteiger partial charge in [-0.05, 0) is 47.9 Å². The Morgan fingerprint density at radius 3 is 2.53 bits per heavy atom. The van der Waals surface area contributed by atoms with Crippen molar-refractivity contribution in [1.29, 1.82) is 0 Å². The number of anilines is 1. The van der Waals surface area contributed by atoms with Gasteiger partial charge in [0.25, 0.3) is 5.91 Å². The maximum absolute atomic E-state index is 13.6. The zero-order valence-electron chi connectivity index (χ0n) is 16.7. The molecule has 5 rings (SSSR count). The molecule has 1 amide bonds. The molecule has 0 aliphatic carbocycles. The van der Waals surface area contributed by atoms with Gasteiger partial charge in [0.05, 0.1) is 18.0 Å². The quantitative estimate of drug-likeness (QED) is 0.653. The van der Waals surface area contributed by atoms with Crippen molar-refractivity contribution in [2.24, 2.45) is 0 Å². The van der Waals surface area contributed by atoms with E-state index in [0.29, 0.717) is 30.8 Å². The predicted molar refractivity (Wildman–Crippen MR) is 116 cm³/mol. The molecule has 1 atom stereocenters. The molecule has 6 nitrogen and oxygen atoms in total. The van der Waals surface area contributed by atoms with Crippen LogP contribution in [0.2, 0.25) is 0 Å². The largest absolute Gasteiger partial charge is 0.348 e. The number of sulfonamides is 1. The highest BCUT2D eigenvalue weighted by molar-refractivity contribution is 7.92. The molecule has 0 saturated heterocycles. The Bertz CT molecular complexity index is 1220. The Hall–Kier alpha value is -3.06. The van der Waals surface area contributed by atoms with Gasteiger partial charge >= 0.3 is 0 Å². The molecule has 1 unspecified atom stereocenters. The van der Waals surface area contributed by atoms with Crippen LogP contribution in [0.1, 0.15) is 33.2 Å². The van der Waals surface area contributed by atoms with Crippen LogP contribution in [-0.4, -0.2) is 43.1 Å². The van der Waals surface area contributed by atoms with E-state index in [0.717, 1.165) is 23.4 Å². The minimum atomic E-state index is -3.31. The summed E-state index contributed by atoms with van der Waals surface area (Å²) in [6.07, 6.45) is 3.89. The van der Waals surface area contributed by atoms with Crippen molar-refractivity contribution < 1.29 is 13.2 Å². The minimum Gasteiger partial charge on any atom is -0.348 e. The second-order valence-electron chi connectivity index (χ2n) is 7.87. The van der Waals surface area contributed by atoms with Crippen LogP contribution in [0, 0.1) is 0 Å². The number of benzene rings is 2. The third kappa shape index (κ3) is 3.10. The third-order valence-corrected chi connectivity index (χ3v) is 7.17. The smallest absolute Gasteiger partial charge is 0.254 e. The van der Waals surface area contributed by atoms with Gasteiger partial charge in [-0.1, -0.05) is 30.3 Å². The van der Waals surface area contributed by atoms with Crippen LogP contribution in [0.15, 0.2) is 66.9 Å². The fourth-order valence-corrected chi connectivity index (χ4v) is 5.56. The van der Waals surface area contributed by atoms with E-state index in [2.05, 4.69) is 29.0 Å². The van der Waals surface area contributed by atoms with E-state index in [1.807, 2.05) is 35.2 Å². The number of aromatic nitrogens is 1. The van der Waals surface area contributed by atoms with E-state index in [4.69, 9.17) is 0 Å². The van der Waals surface area contributed by atoms with E-state index in [-0.39, 0.29) is 11.9 Å². The maximum atomic E-state index is 13.6. The molecule has 0 bridgehead atoms. The van der Waals surface area contributed by atoms with Gasteiger partial charge in [-0.15, -0.1) is 0 Å². The zero-order valence-corrected chi connectivity index (χ0v) is 17.5. The second kappa shape index (κ2) is 7.02. The van der Waals surface area contributed by atoms with Crippen molar-refractivity contribution in [3.05, 3.63) is 89.2 Å². The summed E-state index contributed by atoms with van der Waals surface area (Å²) in [4.78, 5) is 15.5. The Balaban J connectivity index is 1.52. The second-order valence-corrected chi connectivity index (χ2v) is 9.77. The van der Waals surface area contributed by atoms with Gasteiger partial charge in [-0.25, -0.2) is 8.42 Å². The molecule has 154 valence electrons. The SMILES string of the molecule is CS(=O)(=O)N1CCc2cc(C(=O)N3CCn4cccc4C3c3ccccc3)ccc21. The topological polar surface area (TPSA) is 62.6 Å². The number of hydrogen-bond donors (Lipinski definition) is 0. The molecule has 0 N–H and O–H groups in total. The molecule has 0 radical (unpaired) electrons. The molecule has 7 heteroatoms. The molecule has 0 fully saturated rings. The number of nitrogens with zero attached hydrogens (tertiary/aromatic N) is 3. The number of amides is 1. The van der Waals surface area contributed by atoms with E-state index in [1.54, 1.807) is 12.1 Å². The Labute approximate surface area is 176 Å². The molecule has 2 aliphatic rings. The third-order valence-electron chi connectivity index (χ3n) is 5.99. The van der Waals surface area contributed by atoms with Gasteiger partial charge in [0.2, 0.25) is 10.0 Å². The summed E-state index contributed by atoms with van der Waals surface area (Å²) in [5.74, 6) is -0.0306. The zero-order chi connectivity index (χ0) is 20.9. The first kappa shape index (κ1) is 18.9. The normalized spacial score (nSPS) is 18.2. The highest BCUT2D eigenvalue weighted by Crippen LogP contribution is 2.35. The molecule has 0 spiro atoms. The van der Waals surface area contributed by atoms with Crippen molar-refractivity contribution in [1.82, 2.24) is 9.47 Å². The van der Waals surface area contributed by atoms with Crippen molar-refractivity contribution in [2.75, 3.05) is 23.7 Å². The molecule has 30 heavy (non-hydrogen) atoms. The fourth-order valence-electron chi connectivity index (χ4n) is 4.60. The first-order valence-corrected chi connectivity index (χ1v) is 11.9. The van der Waals surface area contributed by atoms with Crippen molar-refractivity contribution in [3.8, 4) is 0 Å². The summed E-state index contributed by atoms with van der Waals surface area (Å²) in [5, 5.41) is 0. The standard InChI is InChI=1S/C23H23N3O3S/c1-30(28,29)26-13-11-18-16-19(9-10-20(18)26)23(27)25-15-14-24-12-5-8-21(24)22(25)17-6-3-2-4-7-17/h2-10,12,16,22H,11,13-15H2,1H3. The first-order valence-electron chi connectivity index (χ1n) is 10.0. The summed E-state index contributed by atoms with van der Waals surface area (Å²) in [6.45, 7) is 1.80. The van der Waals surface area contributed by atoms with Crippen molar-refractivity contribution >= 4 is 21.6 Å². The Morgan fingerprint density at radius 1 is 0.967 bits per heavy atom. The number of carbonyl (C=O) groups excluding carboxylic acids is 1. The van der Waals surface area contributed by atoms with Gasteiger partial charge < -0.3 is 9.47 Å². The molecule has 2 aromatic carbocycles. The lowest BCUT2D eigenvalue weighted by molar-refractivity contribution is 0.0664. The monoisotopic (exact) mass is 421 g/mol. The van der Waals surface area contributed by atoms with Crippen LogP contribution in [0.3, 0.4) is 0 Å². The lowest BCUT2D eigenvalue weighted by Crippen LogP contribution is -2.42. The van der Waals surface area contributed by atoms with E-state index >= 15 is 0 Å². The highest BCUT2D eigenvalue weighted by Gasteiger charge is 2.33. The first-order chi connectivity index (χ1) is 14.4. The molecular formula is C23H23N3O3S. The van der Waals surface area contributed by atoms with Crippen LogP contribution < -0.4 is 4.31 Å².